The lowest BCUT2D eigenvalue weighted by Gasteiger charge is -2.15. The first kappa shape index (κ1) is 15.4. The summed E-state index contributed by atoms with van der Waals surface area (Å²) in [5.74, 6) is 0.442. The van der Waals surface area contributed by atoms with E-state index in [-0.39, 0.29) is 5.91 Å². The Morgan fingerprint density at radius 1 is 1.19 bits per heavy atom. The van der Waals surface area contributed by atoms with Crippen molar-refractivity contribution in [1.82, 2.24) is 0 Å². The molecule has 0 saturated heterocycles. The first-order valence-electron chi connectivity index (χ1n) is 6.76. The fourth-order valence-corrected chi connectivity index (χ4v) is 2.03. The number of carbonyl (C=O) groups excluding carboxylic acids is 1. The molecule has 1 N–H and O–H groups in total. The summed E-state index contributed by atoms with van der Waals surface area (Å²) in [4.78, 5) is 12.1. The summed E-state index contributed by atoms with van der Waals surface area (Å²) in [6.45, 7) is 5.59. The molecule has 110 valence electrons. The summed E-state index contributed by atoms with van der Waals surface area (Å²) < 4.78 is 5.64. The van der Waals surface area contributed by atoms with Crippen molar-refractivity contribution in [3.8, 4) is 5.75 Å². The van der Waals surface area contributed by atoms with Crippen molar-refractivity contribution in [2.45, 2.75) is 26.9 Å². The van der Waals surface area contributed by atoms with Gasteiger partial charge in [0.1, 0.15) is 5.75 Å². The van der Waals surface area contributed by atoms with Gasteiger partial charge in [0.05, 0.1) is 0 Å². The second-order valence-electron chi connectivity index (χ2n) is 5.03. The van der Waals surface area contributed by atoms with E-state index in [0.717, 1.165) is 16.8 Å². The van der Waals surface area contributed by atoms with Gasteiger partial charge in [-0.05, 0) is 62.2 Å². The molecule has 3 nitrogen and oxygen atoms in total. The van der Waals surface area contributed by atoms with Gasteiger partial charge in [-0.1, -0.05) is 23.7 Å². The second kappa shape index (κ2) is 6.64. The smallest absolute Gasteiger partial charge is 0.265 e. The SMILES string of the molecule is Cc1cccc(NC(=O)[C@@H](C)Oc2ccc(Cl)c(C)c2)c1. The molecule has 21 heavy (non-hydrogen) atoms. The van der Waals surface area contributed by atoms with Gasteiger partial charge in [-0.25, -0.2) is 0 Å². The van der Waals surface area contributed by atoms with Gasteiger partial charge < -0.3 is 10.1 Å². The number of hydrogen-bond acceptors (Lipinski definition) is 2. The molecule has 2 rings (SSSR count). The number of halogens is 1. The highest BCUT2D eigenvalue weighted by molar-refractivity contribution is 6.31. The molecule has 0 unspecified atom stereocenters. The molecule has 1 atom stereocenters. The van der Waals surface area contributed by atoms with E-state index in [1.54, 1.807) is 19.1 Å². The molecule has 0 aliphatic carbocycles. The molecule has 0 fully saturated rings. The van der Waals surface area contributed by atoms with Gasteiger partial charge >= 0.3 is 0 Å². The molecule has 0 saturated carbocycles. The Balaban J connectivity index is 2.00. The van der Waals surface area contributed by atoms with Crippen LogP contribution in [0.25, 0.3) is 0 Å². The Labute approximate surface area is 129 Å². The van der Waals surface area contributed by atoms with Crippen molar-refractivity contribution in [2.75, 3.05) is 5.32 Å². The summed E-state index contributed by atoms with van der Waals surface area (Å²) in [7, 11) is 0. The van der Waals surface area contributed by atoms with Gasteiger partial charge in [-0.15, -0.1) is 0 Å². The predicted octanol–water partition coefficient (Wildman–Crippen LogP) is 4.36. The topological polar surface area (TPSA) is 38.3 Å². The standard InChI is InChI=1S/C17H18ClNO2/c1-11-5-4-6-14(9-11)19-17(20)13(3)21-15-7-8-16(18)12(2)10-15/h4-10,13H,1-3H3,(H,19,20)/t13-/m1/s1. The molecule has 2 aromatic rings. The zero-order chi connectivity index (χ0) is 15.4. The van der Waals surface area contributed by atoms with Crippen LogP contribution in [0.2, 0.25) is 5.02 Å². The molecule has 2 aromatic carbocycles. The molecular weight excluding hydrogens is 286 g/mol. The summed E-state index contributed by atoms with van der Waals surface area (Å²) in [6.07, 6.45) is -0.592. The average Bonchev–Trinajstić information content (AvgIpc) is 2.43. The largest absolute Gasteiger partial charge is 0.481 e. The highest BCUT2D eigenvalue weighted by Crippen LogP contribution is 2.22. The second-order valence-corrected chi connectivity index (χ2v) is 5.44. The van der Waals surface area contributed by atoms with Crippen molar-refractivity contribution in [1.29, 1.82) is 0 Å². The van der Waals surface area contributed by atoms with Gasteiger partial charge in [-0.2, -0.15) is 0 Å². The highest BCUT2D eigenvalue weighted by atomic mass is 35.5. The van der Waals surface area contributed by atoms with Gasteiger partial charge in [0.2, 0.25) is 0 Å². The van der Waals surface area contributed by atoms with Crippen LogP contribution in [0.1, 0.15) is 18.1 Å². The van der Waals surface area contributed by atoms with Gasteiger partial charge in [0.15, 0.2) is 6.10 Å². The molecule has 0 aliphatic heterocycles. The molecule has 0 spiro atoms. The van der Waals surface area contributed by atoms with E-state index < -0.39 is 6.10 Å². The van der Waals surface area contributed by atoms with E-state index >= 15 is 0 Å². The summed E-state index contributed by atoms with van der Waals surface area (Å²) in [5.41, 5.74) is 2.78. The van der Waals surface area contributed by atoms with Crippen LogP contribution in [0.4, 0.5) is 5.69 Å². The Hall–Kier alpha value is -2.00. The van der Waals surface area contributed by atoms with Crippen LogP contribution in [-0.2, 0) is 4.79 Å². The third kappa shape index (κ3) is 4.23. The summed E-state index contributed by atoms with van der Waals surface area (Å²) >= 11 is 5.97. The Bertz CT molecular complexity index is 655. The van der Waals surface area contributed by atoms with Crippen LogP contribution >= 0.6 is 11.6 Å². The van der Waals surface area contributed by atoms with E-state index in [1.165, 1.54) is 0 Å². The van der Waals surface area contributed by atoms with Crippen LogP contribution < -0.4 is 10.1 Å². The van der Waals surface area contributed by atoms with E-state index in [0.29, 0.717) is 10.8 Å². The predicted molar refractivity (Wildman–Crippen MR) is 86.1 cm³/mol. The van der Waals surface area contributed by atoms with E-state index in [4.69, 9.17) is 16.3 Å². The first-order chi connectivity index (χ1) is 9.95. The number of anilines is 1. The number of aryl methyl sites for hydroxylation is 2. The Kier molecular flexibility index (Phi) is 4.86. The van der Waals surface area contributed by atoms with Gasteiger partial charge in [0, 0.05) is 10.7 Å². The molecular formula is C17H18ClNO2. The van der Waals surface area contributed by atoms with Crippen LogP contribution in [-0.4, -0.2) is 12.0 Å². The zero-order valence-electron chi connectivity index (χ0n) is 12.3. The number of hydrogen-bond donors (Lipinski definition) is 1. The molecule has 0 radical (unpaired) electrons. The lowest BCUT2D eigenvalue weighted by Crippen LogP contribution is -2.30. The molecule has 4 heteroatoms. The summed E-state index contributed by atoms with van der Waals surface area (Å²) in [5, 5.41) is 3.52. The molecule has 0 aliphatic rings. The van der Waals surface area contributed by atoms with Crippen molar-refractivity contribution in [3.63, 3.8) is 0 Å². The van der Waals surface area contributed by atoms with Crippen LogP contribution in [0, 0.1) is 13.8 Å². The number of carbonyl (C=O) groups is 1. The van der Waals surface area contributed by atoms with Gasteiger partial charge in [0.25, 0.3) is 5.91 Å². The fraction of sp³-hybridized carbons (Fsp3) is 0.235. The lowest BCUT2D eigenvalue weighted by atomic mass is 10.2. The third-order valence-corrected chi connectivity index (χ3v) is 3.52. The number of ether oxygens (including phenoxy) is 1. The minimum Gasteiger partial charge on any atom is -0.481 e. The van der Waals surface area contributed by atoms with E-state index in [2.05, 4.69) is 5.32 Å². The maximum absolute atomic E-state index is 12.1. The number of nitrogens with one attached hydrogen (secondary N) is 1. The number of rotatable bonds is 4. The lowest BCUT2D eigenvalue weighted by molar-refractivity contribution is -0.122. The quantitative estimate of drug-likeness (QED) is 0.911. The average molecular weight is 304 g/mol. The first-order valence-corrected chi connectivity index (χ1v) is 7.14. The van der Waals surface area contributed by atoms with E-state index in [9.17, 15) is 4.79 Å². The maximum atomic E-state index is 12.1. The maximum Gasteiger partial charge on any atom is 0.265 e. The fourth-order valence-electron chi connectivity index (χ4n) is 1.91. The highest BCUT2D eigenvalue weighted by Gasteiger charge is 2.15. The van der Waals surface area contributed by atoms with Crippen LogP contribution in [0.3, 0.4) is 0 Å². The summed E-state index contributed by atoms with van der Waals surface area (Å²) in [6, 6.07) is 13.0. The Morgan fingerprint density at radius 3 is 2.62 bits per heavy atom. The van der Waals surface area contributed by atoms with Crippen molar-refractivity contribution < 1.29 is 9.53 Å². The minimum absolute atomic E-state index is 0.187. The van der Waals surface area contributed by atoms with Crippen LogP contribution in [0.15, 0.2) is 42.5 Å². The normalized spacial score (nSPS) is 11.8. The third-order valence-electron chi connectivity index (χ3n) is 3.10. The molecule has 0 bridgehead atoms. The molecule has 0 aromatic heterocycles. The van der Waals surface area contributed by atoms with Crippen molar-refractivity contribution in [2.24, 2.45) is 0 Å². The van der Waals surface area contributed by atoms with Gasteiger partial charge in [-0.3, -0.25) is 4.79 Å². The Morgan fingerprint density at radius 2 is 1.95 bits per heavy atom. The monoisotopic (exact) mass is 303 g/mol. The number of benzene rings is 2. The van der Waals surface area contributed by atoms with Crippen molar-refractivity contribution >= 4 is 23.2 Å². The molecule has 0 heterocycles. The van der Waals surface area contributed by atoms with E-state index in [1.807, 2.05) is 44.2 Å². The van der Waals surface area contributed by atoms with Crippen LogP contribution in [0.5, 0.6) is 5.75 Å². The number of amides is 1. The zero-order valence-corrected chi connectivity index (χ0v) is 13.1. The minimum atomic E-state index is -0.592. The molecule has 1 amide bonds. The van der Waals surface area contributed by atoms with Crippen molar-refractivity contribution in [3.05, 3.63) is 58.6 Å².